The van der Waals surface area contributed by atoms with Gasteiger partial charge in [0.25, 0.3) is 0 Å². The average Bonchev–Trinajstić information content (AvgIpc) is 3.29. The first-order valence-electron chi connectivity index (χ1n) is 9.27. The van der Waals surface area contributed by atoms with Crippen LogP contribution in [0, 0.1) is 12.7 Å². The van der Waals surface area contributed by atoms with E-state index in [1.165, 1.54) is 6.07 Å². The predicted molar refractivity (Wildman–Crippen MR) is 126 cm³/mol. The Morgan fingerprint density at radius 3 is 2.90 bits per heavy atom. The molecule has 1 aromatic carbocycles. The average molecular weight is 506 g/mol. The number of aromatic nitrogens is 3. The third-order valence-corrected chi connectivity index (χ3v) is 4.82. The van der Waals surface area contributed by atoms with Crippen molar-refractivity contribution in [1.29, 1.82) is 0 Å². The molecule has 4 aromatic rings. The highest BCUT2D eigenvalue weighted by molar-refractivity contribution is 14.0. The summed E-state index contributed by atoms with van der Waals surface area (Å²) in [5.74, 6) is 0.487. The highest BCUT2D eigenvalue weighted by Crippen LogP contribution is 2.19. The van der Waals surface area contributed by atoms with Crippen LogP contribution in [0.25, 0.3) is 16.6 Å². The van der Waals surface area contributed by atoms with Gasteiger partial charge in [0.05, 0.1) is 12.2 Å². The lowest BCUT2D eigenvalue weighted by Crippen LogP contribution is -2.37. The number of aromatic amines is 1. The molecule has 3 heterocycles. The second-order valence-electron chi connectivity index (χ2n) is 6.73. The van der Waals surface area contributed by atoms with Crippen molar-refractivity contribution in [3.63, 3.8) is 0 Å². The van der Waals surface area contributed by atoms with Crippen LogP contribution in [0.5, 0.6) is 0 Å². The molecule has 29 heavy (non-hydrogen) atoms. The summed E-state index contributed by atoms with van der Waals surface area (Å²) in [6.07, 6.45) is 4.73. The molecule has 0 spiro atoms. The molecule has 3 aromatic heterocycles. The number of hydrogen-bond acceptors (Lipinski definition) is 2. The molecule has 3 N–H and O–H groups in total. The van der Waals surface area contributed by atoms with Crippen molar-refractivity contribution in [2.45, 2.75) is 19.9 Å². The van der Waals surface area contributed by atoms with Crippen LogP contribution >= 0.6 is 24.0 Å². The van der Waals surface area contributed by atoms with Crippen molar-refractivity contribution in [2.75, 3.05) is 13.6 Å². The smallest absolute Gasteiger partial charge is 0.191 e. The van der Waals surface area contributed by atoms with Gasteiger partial charge in [0, 0.05) is 42.6 Å². The molecular formula is C21H24FIN6. The summed E-state index contributed by atoms with van der Waals surface area (Å²) in [5.41, 5.74) is 5.05. The van der Waals surface area contributed by atoms with E-state index in [4.69, 9.17) is 0 Å². The second-order valence-corrected chi connectivity index (χ2v) is 6.73. The van der Waals surface area contributed by atoms with Gasteiger partial charge in [0.2, 0.25) is 0 Å². The van der Waals surface area contributed by atoms with Crippen molar-refractivity contribution < 1.29 is 4.39 Å². The quantitative estimate of drug-likeness (QED) is 0.219. The van der Waals surface area contributed by atoms with Crippen LogP contribution in [-0.4, -0.2) is 33.9 Å². The van der Waals surface area contributed by atoms with E-state index >= 15 is 0 Å². The monoisotopic (exact) mass is 506 g/mol. The van der Waals surface area contributed by atoms with Gasteiger partial charge in [-0.05, 0) is 49.2 Å². The summed E-state index contributed by atoms with van der Waals surface area (Å²) in [6, 6.07) is 10.9. The fourth-order valence-electron chi connectivity index (χ4n) is 3.35. The molecule has 0 aliphatic heterocycles. The molecule has 4 rings (SSSR count). The third kappa shape index (κ3) is 4.69. The van der Waals surface area contributed by atoms with Crippen molar-refractivity contribution in [3.05, 3.63) is 71.6 Å². The number of hydrogen-bond donors (Lipinski definition) is 3. The molecule has 0 bridgehead atoms. The molecular weight excluding hydrogens is 482 g/mol. The molecule has 0 saturated carbocycles. The predicted octanol–water partition coefficient (Wildman–Crippen LogP) is 3.79. The minimum absolute atomic E-state index is 0. The molecule has 0 aliphatic rings. The summed E-state index contributed by atoms with van der Waals surface area (Å²) < 4.78 is 15.6. The van der Waals surface area contributed by atoms with Gasteiger partial charge >= 0.3 is 0 Å². The zero-order chi connectivity index (χ0) is 19.5. The molecule has 0 atom stereocenters. The number of guanidine groups is 1. The minimum Gasteiger partial charge on any atom is -0.361 e. The van der Waals surface area contributed by atoms with Gasteiger partial charge < -0.3 is 20.0 Å². The van der Waals surface area contributed by atoms with Crippen LogP contribution in [0.15, 0.2) is 53.8 Å². The van der Waals surface area contributed by atoms with Gasteiger partial charge in [-0.3, -0.25) is 4.99 Å². The standard InChI is InChI=1S/C21H23FN6.HI/c1-14-4-3-5-20-27-17(13-28(14)20)12-26-21(23-2)24-9-8-15-11-25-19-7-6-16(22)10-18(15)19;/h3-7,10-11,13,25H,8-9,12H2,1-2H3,(H2,23,24,26);1H. The normalized spacial score (nSPS) is 11.6. The molecule has 6 nitrogen and oxygen atoms in total. The molecule has 0 unspecified atom stereocenters. The Kier molecular flexibility index (Phi) is 6.73. The van der Waals surface area contributed by atoms with Crippen molar-refractivity contribution in [1.82, 2.24) is 25.0 Å². The number of benzene rings is 1. The van der Waals surface area contributed by atoms with Gasteiger partial charge in [0.1, 0.15) is 11.5 Å². The van der Waals surface area contributed by atoms with E-state index in [0.717, 1.165) is 39.9 Å². The van der Waals surface area contributed by atoms with Crippen LogP contribution in [-0.2, 0) is 13.0 Å². The van der Waals surface area contributed by atoms with E-state index in [-0.39, 0.29) is 29.8 Å². The van der Waals surface area contributed by atoms with Crippen molar-refractivity contribution in [3.8, 4) is 0 Å². The summed E-state index contributed by atoms with van der Waals surface area (Å²) in [6.45, 7) is 3.33. The van der Waals surface area contributed by atoms with Crippen LogP contribution < -0.4 is 10.6 Å². The summed E-state index contributed by atoms with van der Waals surface area (Å²) in [4.78, 5) is 12.1. The first-order chi connectivity index (χ1) is 13.6. The number of fused-ring (bicyclic) bond motifs is 2. The Morgan fingerprint density at radius 1 is 1.24 bits per heavy atom. The zero-order valence-corrected chi connectivity index (χ0v) is 18.7. The SMILES string of the molecule is CN=C(NCCc1c[nH]c2ccc(F)cc12)NCc1cn2c(C)cccc2n1.I. The molecule has 152 valence electrons. The van der Waals surface area contributed by atoms with E-state index in [1.54, 1.807) is 19.2 Å². The highest BCUT2D eigenvalue weighted by atomic mass is 127. The fraction of sp³-hybridized carbons (Fsp3) is 0.238. The first kappa shape index (κ1) is 21.1. The van der Waals surface area contributed by atoms with Gasteiger partial charge in [-0.25, -0.2) is 9.37 Å². The lowest BCUT2D eigenvalue weighted by Gasteiger charge is -2.10. The molecule has 0 amide bonds. The zero-order valence-electron chi connectivity index (χ0n) is 16.4. The van der Waals surface area contributed by atoms with Crippen molar-refractivity contribution in [2.24, 2.45) is 4.99 Å². The molecule has 0 radical (unpaired) electrons. The maximum atomic E-state index is 13.5. The first-order valence-corrected chi connectivity index (χ1v) is 9.27. The summed E-state index contributed by atoms with van der Waals surface area (Å²) >= 11 is 0. The van der Waals surface area contributed by atoms with E-state index < -0.39 is 0 Å². The van der Waals surface area contributed by atoms with Crippen LogP contribution in [0.2, 0.25) is 0 Å². The van der Waals surface area contributed by atoms with Gasteiger partial charge in [-0.2, -0.15) is 0 Å². The van der Waals surface area contributed by atoms with Crippen LogP contribution in [0.4, 0.5) is 4.39 Å². The number of aryl methyl sites for hydroxylation is 1. The van der Waals surface area contributed by atoms with Crippen LogP contribution in [0.3, 0.4) is 0 Å². The number of halogens is 2. The van der Waals surface area contributed by atoms with E-state index in [1.807, 2.05) is 24.5 Å². The van der Waals surface area contributed by atoms with E-state index in [2.05, 4.69) is 43.0 Å². The lowest BCUT2D eigenvalue weighted by molar-refractivity contribution is 0.629. The fourth-order valence-corrected chi connectivity index (χ4v) is 3.35. The molecule has 8 heteroatoms. The largest absolute Gasteiger partial charge is 0.361 e. The number of pyridine rings is 1. The Bertz CT molecular complexity index is 1150. The highest BCUT2D eigenvalue weighted by Gasteiger charge is 2.07. The van der Waals surface area contributed by atoms with Crippen LogP contribution in [0.1, 0.15) is 17.0 Å². The van der Waals surface area contributed by atoms with Gasteiger partial charge in [-0.1, -0.05) is 6.07 Å². The second kappa shape index (κ2) is 9.25. The van der Waals surface area contributed by atoms with Gasteiger partial charge in [0.15, 0.2) is 5.96 Å². The van der Waals surface area contributed by atoms with E-state index in [9.17, 15) is 4.39 Å². The Labute approximate surface area is 185 Å². The minimum atomic E-state index is -0.221. The third-order valence-electron chi connectivity index (χ3n) is 4.82. The number of aliphatic imine (C=N–C) groups is 1. The topological polar surface area (TPSA) is 69.5 Å². The molecule has 0 aliphatic carbocycles. The van der Waals surface area contributed by atoms with Gasteiger partial charge in [-0.15, -0.1) is 24.0 Å². The number of nitrogens with one attached hydrogen (secondary N) is 3. The van der Waals surface area contributed by atoms with Crippen molar-refractivity contribution >= 4 is 46.5 Å². The Balaban J connectivity index is 0.00000240. The number of nitrogens with zero attached hydrogens (tertiary/aromatic N) is 3. The maximum absolute atomic E-state index is 13.5. The summed E-state index contributed by atoms with van der Waals surface area (Å²) in [5, 5.41) is 7.51. The maximum Gasteiger partial charge on any atom is 0.191 e. The molecule has 0 saturated heterocycles. The molecule has 0 fully saturated rings. The number of H-pyrrole nitrogens is 1. The Hall–Kier alpha value is -2.62. The number of imidazole rings is 1. The Morgan fingerprint density at radius 2 is 2.10 bits per heavy atom. The van der Waals surface area contributed by atoms with E-state index in [0.29, 0.717) is 19.0 Å². The lowest BCUT2D eigenvalue weighted by atomic mass is 10.1. The summed E-state index contributed by atoms with van der Waals surface area (Å²) in [7, 11) is 1.74. The number of rotatable bonds is 5.